The number of nitrogens with one attached hydrogen (secondary N) is 1. The summed E-state index contributed by atoms with van der Waals surface area (Å²) < 4.78 is 37.6. The first kappa shape index (κ1) is 19.2. The number of likely N-dealkylation sites (tertiary alicyclic amines) is 1. The number of halogens is 3. The van der Waals surface area contributed by atoms with Crippen LogP contribution in [0.5, 0.6) is 0 Å². The number of piperidine rings is 1. The predicted octanol–water partition coefficient (Wildman–Crippen LogP) is 2.15. The molecule has 1 spiro atoms. The van der Waals surface area contributed by atoms with E-state index < -0.39 is 23.6 Å². The van der Waals surface area contributed by atoms with Gasteiger partial charge in [-0.3, -0.25) is 14.4 Å². The fourth-order valence-electron chi connectivity index (χ4n) is 3.63. The second-order valence-corrected chi connectivity index (χ2v) is 7.10. The average molecular weight is 384 g/mol. The first-order valence-corrected chi connectivity index (χ1v) is 8.58. The zero-order valence-corrected chi connectivity index (χ0v) is 14.4. The second kappa shape index (κ2) is 6.86. The van der Waals surface area contributed by atoms with Crippen LogP contribution in [0, 0.1) is 11.3 Å². The van der Waals surface area contributed by atoms with E-state index >= 15 is 0 Å². The third-order valence-electron chi connectivity index (χ3n) is 5.47. The lowest BCUT2D eigenvalue weighted by Gasteiger charge is -2.32. The van der Waals surface area contributed by atoms with Gasteiger partial charge in [0, 0.05) is 18.7 Å². The molecule has 0 bridgehead atoms. The fraction of sp³-hybridized carbons (Fsp3) is 0.500. The van der Waals surface area contributed by atoms with Crippen molar-refractivity contribution in [2.24, 2.45) is 11.3 Å². The lowest BCUT2D eigenvalue weighted by molar-refractivity contribution is -0.140. The molecule has 1 saturated heterocycles. The molecule has 1 atom stereocenters. The van der Waals surface area contributed by atoms with Crippen LogP contribution < -0.4 is 5.32 Å². The van der Waals surface area contributed by atoms with Gasteiger partial charge in [-0.2, -0.15) is 13.2 Å². The van der Waals surface area contributed by atoms with Gasteiger partial charge in [-0.15, -0.1) is 0 Å². The summed E-state index contributed by atoms with van der Waals surface area (Å²) >= 11 is 0. The normalized spacial score (nSPS) is 21.0. The van der Waals surface area contributed by atoms with Crippen LogP contribution >= 0.6 is 0 Å². The third kappa shape index (κ3) is 4.06. The van der Waals surface area contributed by atoms with Crippen molar-refractivity contribution in [2.45, 2.75) is 25.4 Å². The van der Waals surface area contributed by atoms with E-state index in [0.29, 0.717) is 32.4 Å². The van der Waals surface area contributed by atoms with Crippen LogP contribution in [0.3, 0.4) is 0 Å². The molecule has 1 unspecified atom stereocenters. The Morgan fingerprint density at radius 3 is 2.22 bits per heavy atom. The Morgan fingerprint density at radius 2 is 1.74 bits per heavy atom. The van der Waals surface area contributed by atoms with Crippen LogP contribution in [0.2, 0.25) is 0 Å². The smallest absolute Gasteiger partial charge is 0.416 e. The molecule has 1 saturated carbocycles. The molecular formula is C18H19F3N2O4. The number of aliphatic carboxylic acids is 1. The van der Waals surface area contributed by atoms with Crippen molar-refractivity contribution < 1.29 is 32.7 Å². The summed E-state index contributed by atoms with van der Waals surface area (Å²) in [6.45, 7) is 0.632. The van der Waals surface area contributed by atoms with Gasteiger partial charge in [0.2, 0.25) is 5.91 Å². The van der Waals surface area contributed by atoms with Crippen molar-refractivity contribution in [1.82, 2.24) is 10.2 Å². The van der Waals surface area contributed by atoms with E-state index in [4.69, 9.17) is 5.11 Å². The van der Waals surface area contributed by atoms with Crippen LogP contribution in [0.15, 0.2) is 24.3 Å². The van der Waals surface area contributed by atoms with Gasteiger partial charge in [0.25, 0.3) is 5.91 Å². The molecule has 3 rings (SSSR count). The molecule has 6 nitrogen and oxygen atoms in total. The standard InChI is InChI=1S/C18H19F3N2O4/c19-18(20,21)12-3-1-11(2-4-12)15(25)22-10-14(24)23-7-5-17(6-8-23)9-13(17)16(26)27/h1-4,13H,5-10H2,(H,22,25)(H,26,27). The molecule has 1 aromatic rings. The Kier molecular flexibility index (Phi) is 4.88. The Labute approximate surface area is 153 Å². The lowest BCUT2D eigenvalue weighted by Crippen LogP contribution is -2.45. The van der Waals surface area contributed by atoms with E-state index in [1.807, 2.05) is 0 Å². The number of carbonyl (C=O) groups excluding carboxylic acids is 2. The second-order valence-electron chi connectivity index (χ2n) is 7.10. The summed E-state index contributed by atoms with van der Waals surface area (Å²) in [4.78, 5) is 36.8. The zero-order chi connectivity index (χ0) is 19.8. The summed E-state index contributed by atoms with van der Waals surface area (Å²) in [6.07, 6.45) is -2.57. The third-order valence-corrected chi connectivity index (χ3v) is 5.47. The van der Waals surface area contributed by atoms with E-state index in [1.165, 1.54) is 0 Å². The molecule has 1 aromatic carbocycles. The van der Waals surface area contributed by atoms with Gasteiger partial charge in [0.15, 0.2) is 0 Å². The lowest BCUT2D eigenvalue weighted by atomic mass is 9.91. The van der Waals surface area contributed by atoms with E-state index in [0.717, 1.165) is 24.3 Å². The predicted molar refractivity (Wildman–Crippen MR) is 87.8 cm³/mol. The number of nitrogens with zero attached hydrogens (tertiary/aromatic N) is 1. The maximum Gasteiger partial charge on any atom is 0.416 e. The molecular weight excluding hydrogens is 365 g/mol. The highest BCUT2D eigenvalue weighted by Gasteiger charge is 2.59. The Balaban J connectivity index is 1.47. The number of benzene rings is 1. The fourth-order valence-corrected chi connectivity index (χ4v) is 3.63. The van der Waals surface area contributed by atoms with E-state index in [9.17, 15) is 27.6 Å². The average Bonchev–Trinajstić information content (AvgIpc) is 3.33. The minimum atomic E-state index is -4.47. The molecule has 0 radical (unpaired) electrons. The molecule has 1 aliphatic heterocycles. The van der Waals surface area contributed by atoms with Crippen molar-refractivity contribution in [2.75, 3.05) is 19.6 Å². The molecule has 2 amide bonds. The topological polar surface area (TPSA) is 86.7 Å². The van der Waals surface area contributed by atoms with E-state index in [1.54, 1.807) is 4.90 Å². The Morgan fingerprint density at radius 1 is 1.15 bits per heavy atom. The number of hydrogen-bond donors (Lipinski definition) is 2. The first-order chi connectivity index (χ1) is 12.6. The van der Waals surface area contributed by atoms with Crippen molar-refractivity contribution in [3.63, 3.8) is 0 Å². The van der Waals surface area contributed by atoms with Gasteiger partial charge in [0.05, 0.1) is 18.0 Å². The molecule has 1 heterocycles. The van der Waals surface area contributed by atoms with Crippen LogP contribution in [-0.2, 0) is 15.8 Å². The number of carboxylic acids is 1. The van der Waals surface area contributed by atoms with Crippen molar-refractivity contribution in [3.05, 3.63) is 35.4 Å². The highest BCUT2D eigenvalue weighted by atomic mass is 19.4. The van der Waals surface area contributed by atoms with Gasteiger partial charge < -0.3 is 15.3 Å². The van der Waals surface area contributed by atoms with Crippen molar-refractivity contribution in [3.8, 4) is 0 Å². The molecule has 2 N–H and O–H groups in total. The van der Waals surface area contributed by atoms with Crippen molar-refractivity contribution in [1.29, 1.82) is 0 Å². The maximum atomic E-state index is 12.5. The van der Waals surface area contributed by atoms with E-state index in [-0.39, 0.29) is 29.3 Å². The van der Waals surface area contributed by atoms with Gasteiger partial charge in [-0.25, -0.2) is 0 Å². The SMILES string of the molecule is O=C(NCC(=O)N1CCC2(CC1)CC2C(=O)O)c1ccc(C(F)(F)F)cc1. The largest absolute Gasteiger partial charge is 0.481 e. The highest BCUT2D eigenvalue weighted by Crippen LogP contribution is 2.59. The number of amides is 2. The molecule has 9 heteroatoms. The molecule has 2 aliphatic rings. The molecule has 1 aliphatic carbocycles. The number of rotatable bonds is 4. The minimum Gasteiger partial charge on any atom is -0.481 e. The number of hydrogen-bond acceptors (Lipinski definition) is 3. The summed E-state index contributed by atoms with van der Waals surface area (Å²) in [5.74, 6) is -2.04. The monoisotopic (exact) mass is 384 g/mol. The Bertz CT molecular complexity index is 753. The van der Waals surface area contributed by atoms with Crippen molar-refractivity contribution >= 4 is 17.8 Å². The minimum absolute atomic E-state index is 0.0377. The first-order valence-electron chi connectivity index (χ1n) is 8.58. The number of alkyl halides is 3. The summed E-state index contributed by atoms with van der Waals surface area (Å²) in [5, 5.41) is 11.5. The summed E-state index contributed by atoms with van der Waals surface area (Å²) in [7, 11) is 0. The van der Waals surface area contributed by atoms with Gasteiger partial charge in [0.1, 0.15) is 0 Å². The molecule has 146 valence electrons. The van der Waals surface area contributed by atoms with E-state index in [2.05, 4.69) is 5.32 Å². The van der Waals surface area contributed by atoms with Gasteiger partial charge in [-0.05, 0) is 48.9 Å². The van der Waals surface area contributed by atoms with Crippen LogP contribution in [-0.4, -0.2) is 47.4 Å². The van der Waals surface area contributed by atoms with Crippen LogP contribution in [0.1, 0.15) is 35.2 Å². The highest BCUT2D eigenvalue weighted by molar-refractivity contribution is 5.96. The Hall–Kier alpha value is -2.58. The maximum absolute atomic E-state index is 12.5. The molecule has 2 fully saturated rings. The van der Waals surface area contributed by atoms with Crippen LogP contribution in [0.25, 0.3) is 0 Å². The zero-order valence-electron chi connectivity index (χ0n) is 14.4. The van der Waals surface area contributed by atoms with Crippen LogP contribution in [0.4, 0.5) is 13.2 Å². The summed E-state index contributed by atoms with van der Waals surface area (Å²) in [5.41, 5.74) is -1.00. The van der Waals surface area contributed by atoms with Gasteiger partial charge >= 0.3 is 12.1 Å². The van der Waals surface area contributed by atoms with Gasteiger partial charge in [-0.1, -0.05) is 0 Å². The quantitative estimate of drug-likeness (QED) is 0.833. The number of carboxylic acid groups (broad SMARTS) is 1. The number of carbonyl (C=O) groups is 3. The molecule has 0 aromatic heterocycles. The molecule has 27 heavy (non-hydrogen) atoms. The summed E-state index contributed by atoms with van der Waals surface area (Å²) in [6, 6.07) is 3.75.